The van der Waals surface area contributed by atoms with E-state index in [1.54, 1.807) is 42.7 Å². The first-order chi connectivity index (χ1) is 14.7. The Morgan fingerprint density at radius 2 is 1.83 bits per heavy atom. The molecule has 1 unspecified atom stereocenters. The van der Waals surface area contributed by atoms with Gasteiger partial charge in [0, 0.05) is 29.4 Å². The zero-order valence-electron chi connectivity index (χ0n) is 16.4. The molecule has 0 saturated carbocycles. The predicted octanol–water partition coefficient (Wildman–Crippen LogP) is 4.50. The smallest absolute Gasteiger partial charge is 0.319 e. The molecule has 1 aliphatic carbocycles. The summed E-state index contributed by atoms with van der Waals surface area (Å²) in [4.78, 5) is 24.5. The van der Waals surface area contributed by atoms with Gasteiger partial charge in [-0.1, -0.05) is 24.3 Å². The summed E-state index contributed by atoms with van der Waals surface area (Å²) in [6.45, 7) is -0.129. The van der Waals surface area contributed by atoms with Crippen molar-refractivity contribution in [3.8, 4) is 5.75 Å². The van der Waals surface area contributed by atoms with Gasteiger partial charge in [-0.2, -0.15) is 0 Å². The maximum Gasteiger partial charge on any atom is 0.319 e. The van der Waals surface area contributed by atoms with Crippen LogP contribution in [0.4, 0.5) is 16.2 Å². The summed E-state index contributed by atoms with van der Waals surface area (Å²) in [5, 5.41) is 8.57. The number of urea groups is 1. The molecule has 0 aliphatic heterocycles. The molecule has 0 bridgehead atoms. The highest BCUT2D eigenvalue weighted by Gasteiger charge is 2.24. The second-order valence-electron chi connectivity index (χ2n) is 7.07. The first kappa shape index (κ1) is 19.6. The molecular weight excluding hydrogens is 382 g/mol. The van der Waals surface area contributed by atoms with Gasteiger partial charge in [-0.3, -0.25) is 4.79 Å². The van der Waals surface area contributed by atoms with E-state index in [1.807, 2.05) is 24.3 Å². The van der Waals surface area contributed by atoms with Crippen LogP contribution in [0.15, 0.2) is 71.3 Å². The van der Waals surface area contributed by atoms with E-state index in [-0.39, 0.29) is 24.6 Å². The lowest BCUT2D eigenvalue weighted by molar-refractivity contribution is -0.118. The van der Waals surface area contributed by atoms with E-state index in [4.69, 9.17) is 9.15 Å². The molecule has 3 N–H and O–H groups in total. The minimum absolute atomic E-state index is 0.0615. The van der Waals surface area contributed by atoms with Crippen LogP contribution >= 0.6 is 0 Å². The second-order valence-corrected chi connectivity index (χ2v) is 7.07. The Bertz CT molecular complexity index is 1020. The number of ether oxygens (including phenoxy) is 1. The molecule has 30 heavy (non-hydrogen) atoms. The van der Waals surface area contributed by atoms with E-state index in [1.165, 1.54) is 0 Å². The number of hydrogen-bond donors (Lipinski definition) is 3. The highest BCUT2D eigenvalue weighted by atomic mass is 16.5. The van der Waals surface area contributed by atoms with Crippen LogP contribution in [0.3, 0.4) is 0 Å². The van der Waals surface area contributed by atoms with Gasteiger partial charge >= 0.3 is 6.03 Å². The molecule has 7 nitrogen and oxygen atoms in total. The van der Waals surface area contributed by atoms with Crippen molar-refractivity contribution >= 4 is 23.3 Å². The first-order valence-electron chi connectivity index (χ1n) is 9.89. The fourth-order valence-electron chi connectivity index (χ4n) is 3.49. The van der Waals surface area contributed by atoms with Gasteiger partial charge in [0.15, 0.2) is 6.61 Å². The maximum atomic E-state index is 12.4. The summed E-state index contributed by atoms with van der Waals surface area (Å²) < 4.78 is 11.0. The Morgan fingerprint density at radius 3 is 2.70 bits per heavy atom. The maximum absolute atomic E-state index is 12.4. The van der Waals surface area contributed by atoms with Gasteiger partial charge in [0.25, 0.3) is 5.91 Å². The molecule has 1 atom stereocenters. The van der Waals surface area contributed by atoms with E-state index in [9.17, 15) is 9.59 Å². The molecule has 0 fully saturated rings. The Morgan fingerprint density at radius 1 is 1.00 bits per heavy atom. The van der Waals surface area contributed by atoms with Gasteiger partial charge in [-0.15, -0.1) is 0 Å². The van der Waals surface area contributed by atoms with Crippen molar-refractivity contribution < 1.29 is 18.7 Å². The third kappa shape index (κ3) is 5.00. The second kappa shape index (κ2) is 9.17. The van der Waals surface area contributed by atoms with Crippen LogP contribution in [0.2, 0.25) is 0 Å². The summed E-state index contributed by atoms with van der Waals surface area (Å²) in [5.74, 6) is 1.17. The molecule has 4 rings (SSSR count). The molecule has 0 radical (unpaired) electrons. The van der Waals surface area contributed by atoms with Crippen molar-refractivity contribution in [3.63, 3.8) is 0 Å². The van der Waals surface area contributed by atoms with Crippen LogP contribution in [0.25, 0.3) is 0 Å². The van der Waals surface area contributed by atoms with Crippen LogP contribution in [0.1, 0.15) is 30.2 Å². The van der Waals surface area contributed by atoms with Gasteiger partial charge in [0.2, 0.25) is 0 Å². The molecule has 2 aromatic carbocycles. The van der Waals surface area contributed by atoms with Gasteiger partial charge < -0.3 is 25.1 Å². The minimum Gasteiger partial charge on any atom is -0.484 e. The van der Waals surface area contributed by atoms with Crippen LogP contribution in [0, 0.1) is 0 Å². The van der Waals surface area contributed by atoms with Crippen molar-refractivity contribution in [1.82, 2.24) is 5.32 Å². The Labute approximate surface area is 174 Å². The van der Waals surface area contributed by atoms with Crippen LogP contribution in [-0.4, -0.2) is 18.5 Å². The Hall–Kier alpha value is -3.74. The fraction of sp³-hybridized carbons (Fsp3) is 0.217. The number of nitrogens with one attached hydrogen (secondary N) is 3. The number of fused-ring (bicyclic) bond motifs is 1. The van der Waals surface area contributed by atoms with E-state index < -0.39 is 0 Å². The Kier molecular flexibility index (Phi) is 5.98. The molecule has 7 heteroatoms. The molecule has 0 spiro atoms. The zero-order chi connectivity index (χ0) is 20.8. The lowest BCUT2D eigenvalue weighted by Gasteiger charge is -2.23. The quantitative estimate of drug-likeness (QED) is 0.563. The van der Waals surface area contributed by atoms with Crippen molar-refractivity contribution in [3.05, 3.63) is 78.3 Å². The standard InChI is InChI=1S/C23H23N3O4/c27-22(24-16-6-2-1-3-7-16)15-30-18-9-4-8-17(14-18)25-23(28)26-20-10-5-11-21-19(20)12-13-29-21/h1-4,6-9,12-14,20H,5,10-11,15H2,(H,24,27)(H2,25,26,28). The third-order valence-electron chi connectivity index (χ3n) is 4.88. The molecule has 0 saturated heterocycles. The average Bonchev–Trinajstić information content (AvgIpc) is 3.23. The van der Waals surface area contributed by atoms with E-state index in [0.717, 1.165) is 30.6 Å². The summed E-state index contributed by atoms with van der Waals surface area (Å²) in [6, 6.07) is 17.7. The molecule has 1 aliphatic rings. The minimum atomic E-state index is -0.298. The molecule has 3 aromatic rings. The highest BCUT2D eigenvalue weighted by molar-refractivity contribution is 5.92. The topological polar surface area (TPSA) is 92.6 Å². The predicted molar refractivity (Wildman–Crippen MR) is 114 cm³/mol. The van der Waals surface area contributed by atoms with Crippen LogP contribution < -0.4 is 20.7 Å². The molecule has 1 aromatic heterocycles. The molecular formula is C23H23N3O4. The molecule has 1 heterocycles. The first-order valence-corrected chi connectivity index (χ1v) is 9.89. The number of hydrogen-bond acceptors (Lipinski definition) is 4. The largest absolute Gasteiger partial charge is 0.484 e. The fourth-order valence-corrected chi connectivity index (χ4v) is 3.49. The average molecular weight is 405 g/mol. The van der Waals surface area contributed by atoms with Crippen molar-refractivity contribution in [2.24, 2.45) is 0 Å². The normalized spacial score (nSPS) is 15.0. The lowest BCUT2D eigenvalue weighted by Crippen LogP contribution is -2.34. The summed E-state index contributed by atoms with van der Waals surface area (Å²) in [6.07, 6.45) is 4.41. The van der Waals surface area contributed by atoms with Crippen molar-refractivity contribution in [2.75, 3.05) is 17.2 Å². The number of aryl methyl sites for hydroxylation is 1. The summed E-state index contributed by atoms with van der Waals surface area (Å²) in [7, 11) is 0. The van der Waals surface area contributed by atoms with Crippen molar-refractivity contribution in [1.29, 1.82) is 0 Å². The SMILES string of the molecule is O=C(COc1cccc(NC(=O)NC2CCCc3occc32)c1)Nc1ccccc1. The van der Waals surface area contributed by atoms with Crippen molar-refractivity contribution in [2.45, 2.75) is 25.3 Å². The zero-order valence-corrected chi connectivity index (χ0v) is 16.4. The van der Waals surface area contributed by atoms with E-state index in [2.05, 4.69) is 16.0 Å². The Balaban J connectivity index is 1.29. The summed E-state index contributed by atoms with van der Waals surface area (Å²) >= 11 is 0. The molecule has 154 valence electrons. The number of para-hydroxylation sites is 1. The lowest BCUT2D eigenvalue weighted by atomic mass is 9.93. The van der Waals surface area contributed by atoms with Crippen LogP contribution in [-0.2, 0) is 11.2 Å². The number of carbonyl (C=O) groups is 2. The number of carbonyl (C=O) groups excluding carboxylic acids is 2. The number of rotatable bonds is 6. The summed E-state index contributed by atoms with van der Waals surface area (Å²) in [5.41, 5.74) is 2.33. The number of benzene rings is 2. The van der Waals surface area contributed by atoms with E-state index in [0.29, 0.717) is 17.1 Å². The number of furan rings is 1. The van der Waals surface area contributed by atoms with Gasteiger partial charge in [0.05, 0.1) is 12.3 Å². The number of anilines is 2. The highest BCUT2D eigenvalue weighted by Crippen LogP contribution is 2.30. The molecule has 3 amide bonds. The monoisotopic (exact) mass is 405 g/mol. The van der Waals surface area contributed by atoms with Gasteiger partial charge in [-0.05, 0) is 43.2 Å². The van der Waals surface area contributed by atoms with Crippen LogP contribution in [0.5, 0.6) is 5.75 Å². The van der Waals surface area contributed by atoms with Gasteiger partial charge in [0.1, 0.15) is 11.5 Å². The third-order valence-corrected chi connectivity index (χ3v) is 4.88. The number of amides is 3. The van der Waals surface area contributed by atoms with E-state index >= 15 is 0 Å². The van der Waals surface area contributed by atoms with Gasteiger partial charge in [-0.25, -0.2) is 4.79 Å².